The molecule has 1 atom stereocenters. The van der Waals surface area contributed by atoms with E-state index < -0.39 is 0 Å². The summed E-state index contributed by atoms with van der Waals surface area (Å²) in [5, 5.41) is 10.4. The summed E-state index contributed by atoms with van der Waals surface area (Å²) in [5.41, 5.74) is 3.45. The normalized spacial score (nSPS) is 13.0. The number of guanidine groups is 1. The van der Waals surface area contributed by atoms with E-state index in [4.69, 9.17) is 4.52 Å². The van der Waals surface area contributed by atoms with Gasteiger partial charge in [0.25, 0.3) is 0 Å². The third-order valence-electron chi connectivity index (χ3n) is 3.37. The van der Waals surface area contributed by atoms with Gasteiger partial charge in [-0.25, -0.2) is 0 Å². The number of benzene rings is 1. The zero-order chi connectivity index (χ0) is 15.1. The minimum absolute atomic E-state index is 0.413. The van der Waals surface area contributed by atoms with Crippen LogP contribution >= 0.6 is 0 Å². The molecule has 0 fully saturated rings. The highest BCUT2D eigenvalue weighted by molar-refractivity contribution is 5.79. The number of rotatable bonds is 5. The Kier molecular flexibility index (Phi) is 5.37. The van der Waals surface area contributed by atoms with Gasteiger partial charge in [-0.05, 0) is 18.4 Å². The second-order valence-electron chi connectivity index (χ2n) is 5.11. The molecule has 0 saturated heterocycles. The minimum Gasteiger partial charge on any atom is -0.364 e. The van der Waals surface area contributed by atoms with Gasteiger partial charge in [0, 0.05) is 19.7 Å². The van der Waals surface area contributed by atoms with Gasteiger partial charge in [-0.1, -0.05) is 41.9 Å². The van der Waals surface area contributed by atoms with Gasteiger partial charge in [-0.2, -0.15) is 0 Å². The average Bonchev–Trinajstić information content (AvgIpc) is 3.01. The van der Waals surface area contributed by atoms with E-state index >= 15 is 0 Å². The lowest BCUT2D eigenvalue weighted by Gasteiger charge is -2.16. The lowest BCUT2D eigenvalue weighted by atomic mass is 10.0. The number of hydrogen-bond donors (Lipinski definition) is 2. The molecule has 0 aliphatic carbocycles. The fraction of sp³-hybridized carbons (Fsp3) is 0.375. The number of aliphatic imine (C=N–C) groups is 1. The first-order valence-electron chi connectivity index (χ1n) is 7.09. The highest BCUT2D eigenvalue weighted by Gasteiger charge is 2.07. The van der Waals surface area contributed by atoms with Crippen molar-refractivity contribution in [2.45, 2.75) is 26.3 Å². The number of nitrogens with zero attached hydrogens (tertiary/aromatic N) is 2. The number of aryl methyl sites for hydroxylation is 1. The van der Waals surface area contributed by atoms with Gasteiger partial charge in [-0.3, -0.25) is 4.99 Å². The molecule has 1 unspecified atom stereocenters. The molecule has 2 aromatic rings. The summed E-state index contributed by atoms with van der Waals surface area (Å²) >= 11 is 0. The highest BCUT2D eigenvalue weighted by atomic mass is 16.5. The number of nitrogens with one attached hydrogen (secondary N) is 2. The fourth-order valence-corrected chi connectivity index (χ4v) is 1.99. The predicted molar refractivity (Wildman–Crippen MR) is 84.3 cm³/mol. The van der Waals surface area contributed by atoms with Gasteiger partial charge in [0.15, 0.2) is 5.96 Å². The molecule has 21 heavy (non-hydrogen) atoms. The molecular formula is C16H22N4O. The fourth-order valence-electron chi connectivity index (χ4n) is 1.99. The topological polar surface area (TPSA) is 62.5 Å². The van der Waals surface area contributed by atoms with Gasteiger partial charge < -0.3 is 15.2 Å². The van der Waals surface area contributed by atoms with Crippen molar-refractivity contribution in [1.29, 1.82) is 0 Å². The molecular weight excluding hydrogens is 264 g/mol. The molecule has 0 amide bonds. The van der Waals surface area contributed by atoms with E-state index in [1.54, 1.807) is 13.3 Å². The molecule has 5 heteroatoms. The van der Waals surface area contributed by atoms with Gasteiger partial charge in [0.05, 0.1) is 6.54 Å². The summed E-state index contributed by atoms with van der Waals surface area (Å²) in [5.74, 6) is 1.17. The molecule has 1 heterocycles. The highest BCUT2D eigenvalue weighted by Crippen LogP contribution is 2.14. The zero-order valence-electron chi connectivity index (χ0n) is 12.8. The first-order chi connectivity index (χ1) is 10.2. The van der Waals surface area contributed by atoms with Crippen LogP contribution in [0.5, 0.6) is 0 Å². The second kappa shape index (κ2) is 7.47. The summed E-state index contributed by atoms with van der Waals surface area (Å²) in [6.45, 7) is 5.71. The summed E-state index contributed by atoms with van der Waals surface area (Å²) in [7, 11) is 1.76. The van der Waals surface area contributed by atoms with Crippen molar-refractivity contribution < 1.29 is 4.52 Å². The third-order valence-corrected chi connectivity index (χ3v) is 3.37. The molecule has 0 aliphatic rings. The van der Waals surface area contributed by atoms with Crippen molar-refractivity contribution in [3.8, 4) is 0 Å². The SMILES string of the molecule is CN=C(NCc1ccon1)NCC(C)c1ccc(C)cc1. The summed E-state index contributed by atoms with van der Waals surface area (Å²) in [6.07, 6.45) is 1.56. The zero-order valence-corrected chi connectivity index (χ0v) is 12.8. The van der Waals surface area contributed by atoms with Gasteiger partial charge in [0.2, 0.25) is 0 Å². The van der Waals surface area contributed by atoms with Crippen LogP contribution in [0.4, 0.5) is 0 Å². The van der Waals surface area contributed by atoms with E-state index in [0.717, 1.165) is 18.2 Å². The van der Waals surface area contributed by atoms with E-state index in [1.165, 1.54) is 11.1 Å². The molecule has 0 radical (unpaired) electrons. The van der Waals surface area contributed by atoms with Crippen molar-refractivity contribution >= 4 is 5.96 Å². The maximum atomic E-state index is 4.80. The maximum Gasteiger partial charge on any atom is 0.191 e. The van der Waals surface area contributed by atoms with Crippen LogP contribution < -0.4 is 10.6 Å². The standard InChI is InChI=1S/C16H22N4O/c1-12-4-6-14(7-5-12)13(2)10-18-16(17-3)19-11-15-8-9-21-20-15/h4-9,13H,10-11H2,1-3H3,(H2,17,18,19). The Bertz CT molecular complexity index is 560. The first kappa shape index (κ1) is 15.1. The van der Waals surface area contributed by atoms with E-state index in [2.05, 4.69) is 58.9 Å². The molecule has 2 N–H and O–H groups in total. The number of aromatic nitrogens is 1. The van der Waals surface area contributed by atoms with Crippen LogP contribution in [-0.2, 0) is 6.54 Å². The van der Waals surface area contributed by atoms with Crippen LogP contribution in [0.25, 0.3) is 0 Å². The molecule has 0 spiro atoms. The summed E-state index contributed by atoms with van der Waals surface area (Å²) < 4.78 is 4.80. The van der Waals surface area contributed by atoms with E-state index in [0.29, 0.717) is 12.5 Å². The summed E-state index contributed by atoms with van der Waals surface area (Å²) in [4.78, 5) is 4.20. The molecule has 0 aliphatic heterocycles. The Morgan fingerprint density at radius 1 is 1.24 bits per heavy atom. The van der Waals surface area contributed by atoms with Crippen LogP contribution in [0.15, 0.2) is 46.1 Å². The Balaban J connectivity index is 1.81. The molecule has 0 saturated carbocycles. The monoisotopic (exact) mass is 286 g/mol. The average molecular weight is 286 g/mol. The van der Waals surface area contributed by atoms with Gasteiger partial charge >= 0.3 is 0 Å². The van der Waals surface area contributed by atoms with E-state index in [1.807, 2.05) is 6.07 Å². The first-order valence-corrected chi connectivity index (χ1v) is 7.09. The smallest absolute Gasteiger partial charge is 0.191 e. The number of hydrogen-bond acceptors (Lipinski definition) is 3. The molecule has 1 aromatic carbocycles. The predicted octanol–water partition coefficient (Wildman–Crippen LogP) is 2.45. The van der Waals surface area contributed by atoms with Crippen LogP contribution in [0.3, 0.4) is 0 Å². The maximum absolute atomic E-state index is 4.80. The molecule has 1 aromatic heterocycles. The van der Waals surface area contributed by atoms with Crippen molar-refractivity contribution in [3.05, 3.63) is 53.4 Å². The van der Waals surface area contributed by atoms with Crippen LogP contribution in [-0.4, -0.2) is 24.7 Å². The Morgan fingerprint density at radius 2 is 2.00 bits per heavy atom. The lowest BCUT2D eigenvalue weighted by Crippen LogP contribution is -2.38. The van der Waals surface area contributed by atoms with Crippen molar-refractivity contribution in [3.63, 3.8) is 0 Å². The van der Waals surface area contributed by atoms with Crippen molar-refractivity contribution in [1.82, 2.24) is 15.8 Å². The lowest BCUT2D eigenvalue weighted by molar-refractivity contribution is 0.410. The molecule has 5 nitrogen and oxygen atoms in total. The van der Waals surface area contributed by atoms with Gasteiger partial charge in [-0.15, -0.1) is 0 Å². The Labute approximate surface area is 125 Å². The van der Waals surface area contributed by atoms with Crippen LogP contribution in [0.2, 0.25) is 0 Å². The Hall–Kier alpha value is -2.30. The summed E-state index contributed by atoms with van der Waals surface area (Å²) in [6, 6.07) is 10.5. The van der Waals surface area contributed by atoms with E-state index in [9.17, 15) is 0 Å². The van der Waals surface area contributed by atoms with Crippen LogP contribution in [0.1, 0.15) is 29.7 Å². The van der Waals surface area contributed by atoms with Gasteiger partial charge in [0.1, 0.15) is 12.0 Å². The quantitative estimate of drug-likeness (QED) is 0.654. The molecule has 2 rings (SSSR count). The molecule has 112 valence electrons. The van der Waals surface area contributed by atoms with Crippen LogP contribution in [0, 0.1) is 6.92 Å². The third kappa shape index (κ3) is 4.63. The van der Waals surface area contributed by atoms with E-state index in [-0.39, 0.29) is 0 Å². The largest absolute Gasteiger partial charge is 0.364 e. The minimum atomic E-state index is 0.413. The van der Waals surface area contributed by atoms with Crippen molar-refractivity contribution in [2.24, 2.45) is 4.99 Å². The second-order valence-corrected chi connectivity index (χ2v) is 5.11. The molecule has 0 bridgehead atoms. The van der Waals surface area contributed by atoms with Crippen molar-refractivity contribution in [2.75, 3.05) is 13.6 Å². The Morgan fingerprint density at radius 3 is 2.62 bits per heavy atom.